The number of nitrogens with zero attached hydrogens (tertiary/aromatic N) is 1. The fourth-order valence-corrected chi connectivity index (χ4v) is 4.65. The van der Waals surface area contributed by atoms with Crippen molar-refractivity contribution in [2.24, 2.45) is 0 Å². The number of amides is 3. The summed E-state index contributed by atoms with van der Waals surface area (Å²) in [4.78, 5) is 39.3. The molecule has 2 aromatic rings. The molecule has 8 heteroatoms. The van der Waals surface area contributed by atoms with Gasteiger partial charge in [-0.2, -0.15) is 0 Å². The Morgan fingerprint density at radius 3 is 2.08 bits per heavy atom. The van der Waals surface area contributed by atoms with E-state index in [4.69, 9.17) is 4.74 Å². The number of anilines is 1. The van der Waals surface area contributed by atoms with E-state index in [-0.39, 0.29) is 28.0 Å². The molecule has 2 N–H and O–H groups in total. The minimum Gasteiger partial charge on any atom is -0.507 e. The second-order valence-electron chi connectivity index (χ2n) is 10.7. The predicted octanol–water partition coefficient (Wildman–Crippen LogP) is 6.06. The summed E-state index contributed by atoms with van der Waals surface area (Å²) in [6.45, 7) is 14.1. The van der Waals surface area contributed by atoms with Crippen molar-refractivity contribution >= 4 is 40.6 Å². The molecule has 0 saturated carbocycles. The van der Waals surface area contributed by atoms with Gasteiger partial charge in [0, 0.05) is 16.8 Å². The highest BCUT2D eigenvalue weighted by molar-refractivity contribution is 8.18. The van der Waals surface area contributed by atoms with Gasteiger partial charge in [-0.1, -0.05) is 41.5 Å². The van der Waals surface area contributed by atoms with Crippen LogP contribution in [-0.4, -0.2) is 40.2 Å². The number of imide groups is 1. The van der Waals surface area contributed by atoms with E-state index in [1.54, 1.807) is 30.3 Å². The average Bonchev–Trinajstić information content (AvgIpc) is 3.02. The van der Waals surface area contributed by atoms with Crippen molar-refractivity contribution in [1.29, 1.82) is 0 Å². The molecule has 0 atom stereocenters. The molecule has 2 aromatic carbocycles. The number of carbonyl (C=O) groups excluding carboxylic acids is 3. The molecule has 0 unspecified atom stereocenters. The number of ether oxygens (including phenoxy) is 1. The quantitative estimate of drug-likeness (QED) is 0.459. The highest BCUT2D eigenvalue weighted by atomic mass is 32.2. The van der Waals surface area contributed by atoms with Gasteiger partial charge in [-0.25, -0.2) is 0 Å². The topological polar surface area (TPSA) is 95.9 Å². The summed E-state index contributed by atoms with van der Waals surface area (Å²) in [5, 5.41) is 13.1. The van der Waals surface area contributed by atoms with Gasteiger partial charge >= 0.3 is 0 Å². The zero-order valence-electron chi connectivity index (χ0n) is 21.9. The number of hydrogen-bond donors (Lipinski definition) is 2. The molecule has 0 aliphatic carbocycles. The van der Waals surface area contributed by atoms with Gasteiger partial charge in [-0.15, -0.1) is 0 Å². The molecule has 3 amide bonds. The second-order valence-corrected chi connectivity index (χ2v) is 11.7. The van der Waals surface area contributed by atoms with Crippen molar-refractivity contribution in [3.63, 3.8) is 0 Å². The zero-order chi connectivity index (χ0) is 26.8. The Morgan fingerprint density at radius 1 is 1.03 bits per heavy atom. The van der Waals surface area contributed by atoms with E-state index in [9.17, 15) is 19.5 Å². The smallest absolute Gasteiger partial charge is 0.294 e. The number of carbonyl (C=O) groups is 3. The van der Waals surface area contributed by atoms with E-state index in [0.717, 1.165) is 27.8 Å². The molecule has 0 bridgehead atoms. The van der Waals surface area contributed by atoms with E-state index < -0.39 is 17.1 Å². The van der Waals surface area contributed by atoms with Crippen LogP contribution in [-0.2, 0) is 20.4 Å². The summed E-state index contributed by atoms with van der Waals surface area (Å²) in [6.07, 6.45) is 1.65. The number of nitrogens with one attached hydrogen (secondary N) is 1. The molecule has 1 saturated heterocycles. The molecule has 7 nitrogen and oxygen atoms in total. The Morgan fingerprint density at radius 2 is 1.58 bits per heavy atom. The molecule has 0 spiro atoms. The standard InChI is InChI=1S/C28H34N2O5S/c1-8-35-19-11-9-18(10-12-19)29-23(31)16-30-25(33)22(36-26(30)34)15-17-13-20(27(2,3)4)24(32)21(14-17)28(5,6)7/h9-15,32H,8,16H2,1-7H3,(H,29,31)/b22-15+. The first-order valence-corrected chi connectivity index (χ1v) is 12.7. The second kappa shape index (κ2) is 10.4. The van der Waals surface area contributed by atoms with Gasteiger partial charge in [0.1, 0.15) is 18.0 Å². The minimum atomic E-state index is -0.519. The molecule has 1 aliphatic rings. The van der Waals surface area contributed by atoms with Gasteiger partial charge in [0.2, 0.25) is 5.91 Å². The van der Waals surface area contributed by atoms with E-state index >= 15 is 0 Å². The number of rotatable bonds is 6. The third kappa shape index (κ3) is 6.29. The van der Waals surface area contributed by atoms with Crippen LogP contribution in [0.2, 0.25) is 0 Å². The third-order valence-electron chi connectivity index (χ3n) is 5.67. The molecule has 0 aromatic heterocycles. The molecule has 1 fully saturated rings. The lowest BCUT2D eigenvalue weighted by Crippen LogP contribution is -2.36. The van der Waals surface area contributed by atoms with Crippen LogP contribution in [0.3, 0.4) is 0 Å². The van der Waals surface area contributed by atoms with E-state index in [2.05, 4.69) is 5.32 Å². The number of hydrogen-bond acceptors (Lipinski definition) is 6. The molecule has 36 heavy (non-hydrogen) atoms. The highest BCUT2D eigenvalue weighted by Crippen LogP contribution is 2.41. The fourth-order valence-electron chi connectivity index (χ4n) is 3.82. The normalized spacial score (nSPS) is 15.5. The zero-order valence-corrected chi connectivity index (χ0v) is 22.7. The third-order valence-corrected chi connectivity index (χ3v) is 6.58. The summed E-state index contributed by atoms with van der Waals surface area (Å²) >= 11 is 0.803. The molecular weight excluding hydrogens is 476 g/mol. The number of thioether (sulfide) groups is 1. The molecule has 1 aliphatic heterocycles. The molecule has 0 radical (unpaired) electrons. The Kier molecular flexibility index (Phi) is 7.88. The van der Waals surface area contributed by atoms with Crippen molar-refractivity contribution < 1.29 is 24.2 Å². The van der Waals surface area contributed by atoms with Crippen LogP contribution in [0.4, 0.5) is 10.5 Å². The summed E-state index contributed by atoms with van der Waals surface area (Å²) in [5.74, 6) is -0.0665. The maximum absolute atomic E-state index is 13.0. The minimum absolute atomic E-state index is 0.235. The van der Waals surface area contributed by atoms with Gasteiger partial charge in [-0.3, -0.25) is 19.3 Å². The van der Waals surface area contributed by atoms with Crippen LogP contribution in [0.15, 0.2) is 41.3 Å². The van der Waals surface area contributed by atoms with Gasteiger partial charge in [-0.05, 0) is 77.6 Å². The molecule has 192 valence electrons. The lowest BCUT2D eigenvalue weighted by Gasteiger charge is -2.28. The van der Waals surface area contributed by atoms with Gasteiger partial charge in [0.05, 0.1) is 11.5 Å². The van der Waals surface area contributed by atoms with Crippen molar-refractivity contribution in [3.8, 4) is 11.5 Å². The number of aromatic hydroxyl groups is 1. The van der Waals surface area contributed by atoms with Crippen LogP contribution >= 0.6 is 11.8 Å². The Labute approximate surface area is 216 Å². The highest BCUT2D eigenvalue weighted by Gasteiger charge is 2.36. The maximum Gasteiger partial charge on any atom is 0.294 e. The SMILES string of the molecule is CCOc1ccc(NC(=O)CN2C(=O)S/C(=C/c3cc(C(C)(C)C)c(O)c(C(C)(C)C)c3)C2=O)cc1. The van der Waals surface area contributed by atoms with Crippen molar-refractivity contribution in [3.05, 3.63) is 58.0 Å². The Hall–Kier alpha value is -3.26. The Balaban J connectivity index is 1.82. The van der Waals surface area contributed by atoms with Crippen LogP contribution < -0.4 is 10.1 Å². The predicted molar refractivity (Wildman–Crippen MR) is 144 cm³/mol. The number of benzene rings is 2. The van der Waals surface area contributed by atoms with Crippen LogP contribution in [0, 0.1) is 0 Å². The van der Waals surface area contributed by atoms with Gasteiger partial charge in [0.25, 0.3) is 11.1 Å². The van der Waals surface area contributed by atoms with Gasteiger partial charge in [0.15, 0.2) is 0 Å². The van der Waals surface area contributed by atoms with E-state index in [1.165, 1.54) is 0 Å². The first-order valence-electron chi connectivity index (χ1n) is 11.9. The van der Waals surface area contributed by atoms with Crippen LogP contribution in [0.1, 0.15) is 65.2 Å². The van der Waals surface area contributed by atoms with Crippen molar-refractivity contribution in [2.45, 2.75) is 59.3 Å². The average molecular weight is 511 g/mol. The summed E-state index contributed by atoms with van der Waals surface area (Å²) in [7, 11) is 0. The van der Waals surface area contributed by atoms with Crippen molar-refractivity contribution in [1.82, 2.24) is 4.90 Å². The molecule has 1 heterocycles. The summed E-state index contributed by atoms with van der Waals surface area (Å²) in [5.41, 5.74) is 2.12. The van der Waals surface area contributed by atoms with Crippen LogP contribution in [0.5, 0.6) is 11.5 Å². The first-order chi connectivity index (χ1) is 16.7. The monoisotopic (exact) mass is 510 g/mol. The fraction of sp³-hybridized carbons (Fsp3) is 0.393. The Bertz CT molecular complexity index is 1170. The van der Waals surface area contributed by atoms with Crippen LogP contribution in [0.25, 0.3) is 6.08 Å². The van der Waals surface area contributed by atoms with E-state index in [0.29, 0.717) is 23.6 Å². The largest absolute Gasteiger partial charge is 0.507 e. The first kappa shape index (κ1) is 27.3. The number of phenols is 1. The lowest BCUT2D eigenvalue weighted by molar-refractivity contribution is -0.127. The van der Waals surface area contributed by atoms with Crippen molar-refractivity contribution in [2.75, 3.05) is 18.5 Å². The lowest BCUT2D eigenvalue weighted by atomic mass is 9.78. The molecular formula is C28H34N2O5S. The molecule has 3 rings (SSSR count). The van der Waals surface area contributed by atoms with Gasteiger partial charge < -0.3 is 15.2 Å². The summed E-state index contributed by atoms with van der Waals surface area (Å²) in [6, 6.07) is 10.5. The number of phenolic OH excluding ortho intramolecular Hbond substituents is 1. The summed E-state index contributed by atoms with van der Waals surface area (Å²) < 4.78 is 5.39. The van der Waals surface area contributed by atoms with E-state index in [1.807, 2.05) is 60.6 Å². The maximum atomic E-state index is 13.0.